The molecule has 1 amide bonds. The maximum atomic E-state index is 12.1. The lowest BCUT2D eigenvalue weighted by molar-refractivity contribution is -0.117. The summed E-state index contributed by atoms with van der Waals surface area (Å²) in [6, 6.07) is 5.20. The van der Waals surface area contributed by atoms with Crippen LogP contribution in [0.25, 0.3) is 0 Å². The molecule has 0 unspecified atom stereocenters. The monoisotopic (exact) mass is 304 g/mol. The number of nitrogens with zero attached hydrogens (tertiary/aromatic N) is 3. The van der Waals surface area contributed by atoms with Crippen molar-refractivity contribution in [2.45, 2.75) is 26.5 Å². The lowest BCUT2D eigenvalue weighted by atomic mass is 10.2. The third-order valence-electron chi connectivity index (χ3n) is 3.35. The molecule has 2 N–H and O–H groups in total. The maximum Gasteiger partial charge on any atom is 0.246 e. The number of rotatable bonds is 5. The van der Waals surface area contributed by atoms with Crippen LogP contribution in [0, 0.1) is 0 Å². The maximum absolute atomic E-state index is 12.1. The zero-order valence-corrected chi connectivity index (χ0v) is 12.1. The Bertz CT molecular complexity index is 698. The van der Waals surface area contributed by atoms with Crippen LogP contribution in [0.3, 0.4) is 0 Å². The molecule has 0 aliphatic carbocycles. The minimum Gasteiger partial charge on any atom is -0.454 e. The van der Waals surface area contributed by atoms with Crippen molar-refractivity contribution in [1.82, 2.24) is 15.0 Å². The second-order valence-electron chi connectivity index (χ2n) is 4.77. The zero-order valence-electron chi connectivity index (χ0n) is 12.1. The van der Waals surface area contributed by atoms with Gasteiger partial charge in [-0.1, -0.05) is 12.1 Å². The molecular weight excluding hydrogens is 288 g/mol. The second-order valence-corrected chi connectivity index (χ2v) is 4.77. The van der Waals surface area contributed by atoms with Gasteiger partial charge in [0.1, 0.15) is 12.2 Å². The van der Waals surface area contributed by atoms with E-state index in [4.69, 9.17) is 9.47 Å². The van der Waals surface area contributed by atoms with Gasteiger partial charge in [0.2, 0.25) is 12.7 Å². The van der Waals surface area contributed by atoms with Gasteiger partial charge in [0.05, 0.1) is 12.3 Å². The topological polar surface area (TPSA) is 98.5 Å². The van der Waals surface area contributed by atoms with Gasteiger partial charge in [-0.2, -0.15) is 0 Å². The van der Waals surface area contributed by atoms with Gasteiger partial charge in [-0.3, -0.25) is 4.79 Å². The van der Waals surface area contributed by atoms with E-state index in [0.29, 0.717) is 29.3 Å². The van der Waals surface area contributed by atoms with E-state index in [0.717, 1.165) is 5.69 Å². The van der Waals surface area contributed by atoms with Crippen LogP contribution in [0.1, 0.15) is 18.3 Å². The smallest absolute Gasteiger partial charge is 0.246 e. The Balaban J connectivity index is 1.69. The van der Waals surface area contributed by atoms with Gasteiger partial charge in [0, 0.05) is 11.8 Å². The summed E-state index contributed by atoms with van der Waals surface area (Å²) >= 11 is 0. The number of nitrogens with one attached hydrogen (secondary N) is 1. The molecule has 1 aliphatic rings. The second kappa shape index (κ2) is 6.02. The number of carbonyl (C=O) groups is 1. The van der Waals surface area contributed by atoms with E-state index in [2.05, 4.69) is 15.6 Å². The molecule has 0 saturated heterocycles. The Labute approximate surface area is 126 Å². The van der Waals surface area contributed by atoms with Gasteiger partial charge in [0.25, 0.3) is 0 Å². The van der Waals surface area contributed by atoms with Gasteiger partial charge in [-0.25, -0.2) is 4.68 Å². The summed E-state index contributed by atoms with van der Waals surface area (Å²) in [6.07, 6.45) is 0.639. The number of anilines is 1. The summed E-state index contributed by atoms with van der Waals surface area (Å²) in [5.74, 6) is 1.04. The molecule has 8 nitrogen and oxygen atoms in total. The van der Waals surface area contributed by atoms with Crippen molar-refractivity contribution in [3.05, 3.63) is 29.6 Å². The molecule has 0 saturated carbocycles. The van der Waals surface area contributed by atoms with Crippen molar-refractivity contribution in [3.63, 3.8) is 0 Å². The highest BCUT2D eigenvalue weighted by atomic mass is 16.7. The Morgan fingerprint density at radius 1 is 1.41 bits per heavy atom. The molecule has 2 aromatic rings. The van der Waals surface area contributed by atoms with E-state index in [-0.39, 0.29) is 25.9 Å². The average Bonchev–Trinajstić information content (AvgIpc) is 3.12. The van der Waals surface area contributed by atoms with Crippen LogP contribution < -0.4 is 14.8 Å². The quantitative estimate of drug-likeness (QED) is 0.843. The molecule has 1 aromatic carbocycles. The first-order valence-electron chi connectivity index (χ1n) is 6.93. The highest BCUT2D eigenvalue weighted by molar-refractivity contribution is 5.90. The summed E-state index contributed by atoms with van der Waals surface area (Å²) in [7, 11) is 0. The van der Waals surface area contributed by atoms with Crippen LogP contribution in [0.2, 0.25) is 0 Å². The molecule has 1 aromatic heterocycles. The first kappa shape index (κ1) is 14.3. The summed E-state index contributed by atoms with van der Waals surface area (Å²) in [4.78, 5) is 12.1. The molecule has 0 fully saturated rings. The van der Waals surface area contributed by atoms with Gasteiger partial charge in [-0.05, 0) is 18.6 Å². The van der Waals surface area contributed by atoms with E-state index < -0.39 is 0 Å². The first-order valence-corrected chi connectivity index (χ1v) is 6.93. The number of carbonyl (C=O) groups excluding carboxylic acids is 1. The van der Waals surface area contributed by atoms with Crippen LogP contribution in [0.5, 0.6) is 11.5 Å². The first-order chi connectivity index (χ1) is 10.7. The predicted molar refractivity (Wildman–Crippen MR) is 76.5 cm³/mol. The SMILES string of the molecule is CCc1c(CO)nnn1CC(=O)Nc1ccc2c(c1)OCO2. The molecule has 0 radical (unpaired) electrons. The molecular formula is C14H16N4O4. The van der Waals surface area contributed by atoms with E-state index >= 15 is 0 Å². The van der Waals surface area contributed by atoms with Crippen LogP contribution >= 0.6 is 0 Å². The van der Waals surface area contributed by atoms with Crippen molar-refractivity contribution in [1.29, 1.82) is 0 Å². The Morgan fingerprint density at radius 2 is 2.23 bits per heavy atom. The average molecular weight is 304 g/mol. The molecule has 2 heterocycles. The minimum atomic E-state index is -0.233. The number of fused-ring (bicyclic) bond motifs is 1. The van der Waals surface area contributed by atoms with Crippen molar-refractivity contribution in [2.75, 3.05) is 12.1 Å². The molecule has 1 aliphatic heterocycles. The van der Waals surface area contributed by atoms with E-state index in [1.807, 2.05) is 6.92 Å². The van der Waals surface area contributed by atoms with E-state index in [1.165, 1.54) is 4.68 Å². The predicted octanol–water partition coefficient (Wildman–Crippen LogP) is 0.700. The van der Waals surface area contributed by atoms with Crippen molar-refractivity contribution >= 4 is 11.6 Å². The van der Waals surface area contributed by atoms with Gasteiger partial charge >= 0.3 is 0 Å². The Morgan fingerprint density at radius 3 is 3.00 bits per heavy atom. The fourth-order valence-electron chi connectivity index (χ4n) is 2.32. The van der Waals surface area contributed by atoms with Crippen molar-refractivity contribution < 1.29 is 19.4 Å². The van der Waals surface area contributed by atoms with Crippen LogP contribution in [-0.2, 0) is 24.4 Å². The number of ether oxygens (including phenoxy) is 2. The van der Waals surface area contributed by atoms with Crippen LogP contribution in [0.15, 0.2) is 18.2 Å². The number of amides is 1. The summed E-state index contributed by atoms with van der Waals surface area (Å²) < 4.78 is 12.0. The van der Waals surface area contributed by atoms with Crippen LogP contribution in [-0.4, -0.2) is 32.8 Å². The third kappa shape index (κ3) is 2.73. The number of aliphatic hydroxyl groups excluding tert-OH is 1. The van der Waals surface area contributed by atoms with Crippen molar-refractivity contribution in [2.24, 2.45) is 0 Å². The third-order valence-corrected chi connectivity index (χ3v) is 3.35. The molecule has 3 rings (SSSR count). The number of aliphatic hydroxyl groups is 1. The lowest BCUT2D eigenvalue weighted by Gasteiger charge is -2.08. The number of hydrogen-bond acceptors (Lipinski definition) is 6. The summed E-state index contributed by atoms with van der Waals surface area (Å²) in [5, 5.41) is 19.7. The number of hydrogen-bond donors (Lipinski definition) is 2. The standard InChI is InChI=1S/C14H16N4O4/c1-2-11-10(7-19)16-17-18(11)6-14(20)15-9-3-4-12-13(5-9)22-8-21-12/h3-5,19H,2,6-8H2,1H3,(H,15,20). The largest absolute Gasteiger partial charge is 0.454 e. The van der Waals surface area contributed by atoms with Crippen molar-refractivity contribution in [3.8, 4) is 11.5 Å². The lowest BCUT2D eigenvalue weighted by Crippen LogP contribution is -2.21. The van der Waals surface area contributed by atoms with E-state index in [9.17, 15) is 9.90 Å². The molecule has 8 heteroatoms. The van der Waals surface area contributed by atoms with E-state index in [1.54, 1.807) is 18.2 Å². The normalized spacial score (nSPS) is 12.5. The zero-order chi connectivity index (χ0) is 15.5. The van der Waals surface area contributed by atoms with Gasteiger partial charge < -0.3 is 19.9 Å². The molecule has 0 atom stereocenters. The Kier molecular flexibility index (Phi) is 3.92. The fraction of sp³-hybridized carbons (Fsp3) is 0.357. The summed E-state index contributed by atoms with van der Waals surface area (Å²) in [5.41, 5.74) is 1.87. The number of benzene rings is 1. The molecule has 0 spiro atoms. The number of aromatic nitrogens is 3. The highest BCUT2D eigenvalue weighted by Gasteiger charge is 2.16. The Hall–Kier alpha value is -2.61. The molecule has 22 heavy (non-hydrogen) atoms. The molecule has 116 valence electrons. The fourth-order valence-corrected chi connectivity index (χ4v) is 2.32. The van der Waals surface area contributed by atoms with Gasteiger partial charge in [-0.15, -0.1) is 5.10 Å². The highest BCUT2D eigenvalue weighted by Crippen LogP contribution is 2.34. The molecule has 0 bridgehead atoms. The minimum absolute atomic E-state index is 0.0324. The summed E-state index contributed by atoms with van der Waals surface area (Å²) in [6.45, 7) is 1.96. The van der Waals surface area contributed by atoms with Crippen LogP contribution in [0.4, 0.5) is 5.69 Å². The van der Waals surface area contributed by atoms with Gasteiger partial charge in [0.15, 0.2) is 11.5 Å².